The number of carbonyl (C=O) groups excluding carboxylic acids is 2. The van der Waals surface area contributed by atoms with E-state index in [1.165, 1.54) is 24.1 Å². The van der Waals surface area contributed by atoms with E-state index < -0.39 is 51.9 Å². The molecule has 0 saturated carbocycles. The fourth-order valence-electron chi connectivity index (χ4n) is 4.47. The Kier molecular flexibility index (Phi) is 10.2. The van der Waals surface area contributed by atoms with E-state index in [4.69, 9.17) is 9.57 Å². The number of carbonyl (C=O) groups is 2. The van der Waals surface area contributed by atoms with Crippen molar-refractivity contribution in [3.63, 3.8) is 0 Å². The summed E-state index contributed by atoms with van der Waals surface area (Å²) in [7, 11) is -4.33. The number of nitrogens with one attached hydrogen (secondary N) is 1. The summed E-state index contributed by atoms with van der Waals surface area (Å²) in [6.07, 6.45) is -5.53. The fraction of sp³-hybridized carbons (Fsp3) is 0.414. The van der Waals surface area contributed by atoms with Crippen molar-refractivity contribution in [1.82, 2.24) is 19.5 Å². The molecule has 1 fully saturated rings. The Hall–Kier alpha value is -4.67. The van der Waals surface area contributed by atoms with Crippen molar-refractivity contribution in [3.05, 3.63) is 71.1 Å². The number of aryl methyl sites for hydroxylation is 1. The highest BCUT2D eigenvalue weighted by atomic mass is 32.2. The number of aromatic nitrogens is 2. The number of hydrogen-bond acceptors (Lipinski definition) is 9. The van der Waals surface area contributed by atoms with Crippen LogP contribution < -0.4 is 4.72 Å². The van der Waals surface area contributed by atoms with Crippen LogP contribution in [0.3, 0.4) is 0 Å². The van der Waals surface area contributed by atoms with Gasteiger partial charge in [0, 0.05) is 18.4 Å². The van der Waals surface area contributed by atoms with Gasteiger partial charge in [-0.2, -0.15) is 18.3 Å². The quantitative estimate of drug-likeness (QED) is 0.106. The molecule has 13 nitrogen and oxygen atoms in total. The number of nitrogens with zero attached hydrogens (tertiary/aromatic N) is 5. The standard InChI is InChI=1S/C29H33F3N6O7S/c1-18(2)28(40)44-20(4)45-35-38(41)36-15-13-22(14-16-36)27(39)34-46(42,43)24-11-9-23(10-12-24)37-25(17-26(33-37)29(30,31)32)21-7-5-19(3)6-8-21/h5-12,17-18,20,22H,13-16H2,1-4H3,(H,34,39). The molecule has 1 atom stereocenters. The predicted octanol–water partition coefficient (Wildman–Crippen LogP) is 4.74. The number of esters is 1. The summed E-state index contributed by atoms with van der Waals surface area (Å²) in [5.74, 6) is -2.42. The molecule has 3 aromatic rings. The lowest BCUT2D eigenvalue weighted by molar-refractivity contribution is -0.715. The molecule has 0 bridgehead atoms. The minimum atomic E-state index is -4.70. The molecule has 248 valence electrons. The van der Waals surface area contributed by atoms with E-state index in [0.29, 0.717) is 5.56 Å². The third-order valence-electron chi connectivity index (χ3n) is 7.08. The van der Waals surface area contributed by atoms with E-state index in [9.17, 15) is 36.4 Å². The molecule has 1 amide bonds. The third-order valence-corrected chi connectivity index (χ3v) is 8.44. The molecule has 1 unspecified atom stereocenters. The van der Waals surface area contributed by atoms with Gasteiger partial charge in [0.2, 0.25) is 11.2 Å². The second-order valence-electron chi connectivity index (χ2n) is 11.0. The topological polar surface area (TPSA) is 158 Å². The van der Waals surface area contributed by atoms with E-state index in [2.05, 4.69) is 10.4 Å². The van der Waals surface area contributed by atoms with Gasteiger partial charge in [0.1, 0.15) is 0 Å². The number of alkyl halides is 3. The molecule has 1 aromatic heterocycles. The Balaban J connectivity index is 1.39. The third kappa shape index (κ3) is 8.32. The second kappa shape index (κ2) is 13.8. The summed E-state index contributed by atoms with van der Waals surface area (Å²) in [5.41, 5.74) is 0.612. The van der Waals surface area contributed by atoms with Crippen LogP contribution in [0.5, 0.6) is 0 Å². The zero-order valence-electron chi connectivity index (χ0n) is 25.4. The van der Waals surface area contributed by atoms with E-state index >= 15 is 0 Å². The molecule has 2 heterocycles. The molecule has 2 aromatic carbocycles. The Morgan fingerprint density at radius 1 is 1.07 bits per heavy atom. The Morgan fingerprint density at radius 3 is 2.24 bits per heavy atom. The van der Waals surface area contributed by atoms with E-state index in [1.54, 1.807) is 38.1 Å². The molecule has 1 N–H and O–H groups in total. The van der Waals surface area contributed by atoms with Gasteiger partial charge in [-0.25, -0.2) is 17.8 Å². The molecule has 1 aliphatic rings. The van der Waals surface area contributed by atoms with Gasteiger partial charge >= 0.3 is 12.1 Å². The lowest BCUT2D eigenvalue weighted by Crippen LogP contribution is -2.44. The maximum Gasteiger partial charge on any atom is 0.435 e. The first-order valence-electron chi connectivity index (χ1n) is 14.3. The zero-order valence-corrected chi connectivity index (χ0v) is 26.2. The molecule has 17 heteroatoms. The van der Waals surface area contributed by atoms with Crippen LogP contribution >= 0.6 is 0 Å². The van der Waals surface area contributed by atoms with Crippen LogP contribution in [0.2, 0.25) is 0 Å². The Bertz CT molecular complexity index is 1680. The number of sulfonamides is 1. The van der Waals surface area contributed by atoms with Crippen LogP contribution in [0, 0.1) is 24.0 Å². The fourth-order valence-corrected chi connectivity index (χ4v) is 5.51. The molecular formula is C29H33F3N6O7S. The monoisotopic (exact) mass is 666 g/mol. The number of rotatable bonds is 10. The van der Waals surface area contributed by atoms with Crippen molar-refractivity contribution >= 4 is 21.9 Å². The van der Waals surface area contributed by atoms with Crippen LogP contribution in [0.4, 0.5) is 13.2 Å². The van der Waals surface area contributed by atoms with Gasteiger partial charge in [0.25, 0.3) is 16.3 Å². The van der Waals surface area contributed by atoms with Crippen molar-refractivity contribution in [3.8, 4) is 16.9 Å². The maximum absolute atomic E-state index is 13.5. The molecule has 4 rings (SSSR count). The molecule has 1 aliphatic heterocycles. The summed E-state index contributed by atoms with van der Waals surface area (Å²) in [6.45, 7) is 6.64. The molecule has 0 aliphatic carbocycles. The van der Waals surface area contributed by atoms with Gasteiger partial charge in [0.15, 0.2) is 5.69 Å². The average Bonchev–Trinajstić information content (AvgIpc) is 3.46. The highest BCUT2D eigenvalue weighted by Crippen LogP contribution is 2.33. The minimum Gasteiger partial charge on any atom is -0.569 e. The van der Waals surface area contributed by atoms with Gasteiger partial charge in [-0.1, -0.05) is 43.7 Å². The van der Waals surface area contributed by atoms with Crippen molar-refractivity contribution in [2.75, 3.05) is 13.1 Å². The minimum absolute atomic E-state index is 0.0659. The van der Waals surface area contributed by atoms with Crippen LogP contribution in [-0.4, -0.2) is 59.4 Å². The number of hydrazine groups is 1. The molecule has 1 saturated heterocycles. The van der Waals surface area contributed by atoms with Gasteiger partial charge in [-0.05, 0) is 50.1 Å². The Labute approximate surface area is 263 Å². The van der Waals surface area contributed by atoms with Gasteiger partial charge in [-0.3, -0.25) is 14.4 Å². The molecule has 0 radical (unpaired) electrons. The van der Waals surface area contributed by atoms with Gasteiger partial charge in [0.05, 0.1) is 40.3 Å². The summed E-state index contributed by atoms with van der Waals surface area (Å²) < 4.78 is 74.6. The highest BCUT2D eigenvalue weighted by Gasteiger charge is 2.36. The number of ether oxygens (including phenoxy) is 1. The number of hydrogen-bond donors (Lipinski definition) is 1. The lowest BCUT2D eigenvalue weighted by atomic mass is 9.97. The van der Waals surface area contributed by atoms with Gasteiger partial charge in [-0.15, -0.1) is 5.01 Å². The summed E-state index contributed by atoms with van der Waals surface area (Å²) >= 11 is 0. The summed E-state index contributed by atoms with van der Waals surface area (Å²) in [4.78, 5) is 29.2. The average molecular weight is 667 g/mol. The number of halogens is 3. The maximum atomic E-state index is 13.5. The molecule has 0 spiro atoms. The van der Waals surface area contributed by atoms with Crippen molar-refractivity contribution in [2.45, 2.75) is 57.9 Å². The van der Waals surface area contributed by atoms with E-state index in [0.717, 1.165) is 28.4 Å². The summed E-state index contributed by atoms with van der Waals surface area (Å²) in [5, 5.41) is 20.6. The van der Waals surface area contributed by atoms with Crippen molar-refractivity contribution in [2.24, 2.45) is 17.1 Å². The zero-order chi connectivity index (χ0) is 33.8. The number of benzene rings is 2. The normalized spacial score (nSPS) is 15.5. The summed E-state index contributed by atoms with van der Waals surface area (Å²) in [6, 6.07) is 12.6. The van der Waals surface area contributed by atoms with Crippen LogP contribution in [0.1, 0.15) is 44.9 Å². The van der Waals surface area contributed by atoms with Crippen LogP contribution in [0.15, 0.2) is 64.8 Å². The van der Waals surface area contributed by atoms with E-state index in [1.807, 2.05) is 11.6 Å². The predicted molar refractivity (Wildman–Crippen MR) is 156 cm³/mol. The SMILES string of the molecule is Cc1ccc(-c2cc(C(F)(F)F)nn2-c2ccc(S(=O)(=O)NC(=O)C3CCN([N+]([O-])=NOC(C)OC(=O)C(C)C)CC3)cc2)cc1. The lowest BCUT2D eigenvalue weighted by Gasteiger charge is -2.27. The van der Waals surface area contributed by atoms with Gasteiger partial charge < -0.3 is 9.94 Å². The largest absolute Gasteiger partial charge is 0.569 e. The second-order valence-corrected chi connectivity index (χ2v) is 12.7. The van der Waals surface area contributed by atoms with Crippen molar-refractivity contribution < 1.29 is 45.7 Å². The van der Waals surface area contributed by atoms with Crippen LogP contribution in [-0.2, 0) is 35.4 Å². The first-order chi connectivity index (χ1) is 21.5. The van der Waals surface area contributed by atoms with Crippen LogP contribution in [0.25, 0.3) is 16.9 Å². The molecular weight excluding hydrogens is 633 g/mol. The smallest absolute Gasteiger partial charge is 0.435 e. The molecule has 46 heavy (non-hydrogen) atoms. The number of amides is 1. The van der Waals surface area contributed by atoms with E-state index in [-0.39, 0.29) is 47.2 Å². The first-order valence-corrected chi connectivity index (χ1v) is 15.7. The first kappa shape index (κ1) is 34.2. The van der Waals surface area contributed by atoms with Crippen molar-refractivity contribution in [1.29, 1.82) is 0 Å². The Morgan fingerprint density at radius 2 is 1.67 bits per heavy atom. The highest BCUT2D eigenvalue weighted by molar-refractivity contribution is 7.90. The number of piperidine rings is 1.